The Balaban J connectivity index is 1.97. The number of carbonyl (C=O) groups is 12. The maximum absolute atomic E-state index is 15.0. The number of carbonyl (C=O) groups excluding carboxylic acids is 11. The molecule has 22 heteroatoms. The van der Waals surface area contributed by atoms with Crippen LogP contribution in [0.2, 0.25) is 0 Å². The Morgan fingerprint density at radius 3 is 1.92 bits per heavy atom. The highest BCUT2D eigenvalue weighted by atomic mass is 16.4. The van der Waals surface area contributed by atoms with Crippen LogP contribution in [-0.4, -0.2) is 145 Å². The number of nitrogens with one attached hydrogen (secondary N) is 3. The number of primary amides is 1. The molecule has 83 heavy (non-hydrogen) atoms. The maximum atomic E-state index is 15.0. The van der Waals surface area contributed by atoms with Crippen molar-refractivity contribution < 1.29 is 72.9 Å². The Bertz CT molecular complexity index is 2440. The number of Topliss-reactive ketones (excluding diaryl/α,β-unsaturated/α-hetero) is 6. The molecule has 0 unspecified atom stereocenters. The van der Waals surface area contributed by atoms with Gasteiger partial charge >= 0.3 is 5.97 Å². The molecule has 3 rings (SSSR count). The molecule has 464 valence electrons. The van der Waals surface area contributed by atoms with Crippen LogP contribution in [0.3, 0.4) is 0 Å². The molecule has 0 spiro atoms. The zero-order valence-corrected chi connectivity index (χ0v) is 50.3. The number of carboxylic acid groups (broad SMARTS) is 1. The molecular formula is C61H95N7O15. The fourth-order valence-electron chi connectivity index (χ4n) is 11.0. The number of likely N-dealkylation sites (tertiary alicyclic amines) is 1. The summed E-state index contributed by atoms with van der Waals surface area (Å²) in [6.07, 6.45) is 4.31. The van der Waals surface area contributed by atoms with E-state index >= 15 is 0 Å². The average Bonchev–Trinajstić information content (AvgIpc) is 4.07. The van der Waals surface area contributed by atoms with Crippen LogP contribution in [0.5, 0.6) is 0 Å². The first kappa shape index (κ1) is 71.1. The van der Waals surface area contributed by atoms with E-state index in [0.717, 1.165) is 37.0 Å². The van der Waals surface area contributed by atoms with Gasteiger partial charge in [0.25, 0.3) is 0 Å². The molecule has 22 nitrogen and oxygen atoms in total. The number of unbranched alkanes of at least 4 members (excludes halogenated alkanes) is 1. The van der Waals surface area contributed by atoms with Crippen LogP contribution in [-0.2, 0) is 64.0 Å². The number of nitrogens with zero attached hydrogens (tertiary/aromatic N) is 2. The third kappa shape index (κ3) is 23.8. The Morgan fingerprint density at radius 2 is 1.35 bits per heavy atom. The molecule has 10 N–H and O–H groups in total. The molecule has 2 heterocycles. The van der Waals surface area contributed by atoms with Gasteiger partial charge in [-0.3, -0.25) is 62.5 Å². The van der Waals surface area contributed by atoms with Crippen molar-refractivity contribution >= 4 is 70.2 Å². The molecule has 2 aliphatic rings. The molecule has 0 bridgehead atoms. The second kappa shape index (κ2) is 33.4. The second-order valence-electron chi connectivity index (χ2n) is 25.5. The minimum atomic E-state index is -1.49. The van der Waals surface area contributed by atoms with Gasteiger partial charge in [0.1, 0.15) is 11.6 Å². The normalized spacial score (nSPS) is 18.7. The van der Waals surface area contributed by atoms with Crippen molar-refractivity contribution in [3.8, 4) is 0 Å². The monoisotopic (exact) mass is 1170 g/mol. The number of nitrogens with two attached hydrogens (primary N) is 2. The number of hydrogen-bond acceptors (Lipinski definition) is 16. The van der Waals surface area contributed by atoms with E-state index in [-0.39, 0.29) is 76.0 Å². The summed E-state index contributed by atoms with van der Waals surface area (Å²) in [4.78, 5) is 169. The van der Waals surface area contributed by atoms with Gasteiger partial charge in [0.15, 0.2) is 23.1 Å². The second-order valence-corrected chi connectivity index (χ2v) is 25.5. The lowest BCUT2D eigenvalue weighted by Gasteiger charge is -2.33. The number of aliphatic hydroxyl groups excluding tert-OH is 2. The standard InChI is InChI=1S/C61H95N7O15/c1-9-61(8,34-52(76)48-31-44(72)35-68(48)57(82)42(36-69)27-43(71)18-19-54(78)79)58(83)67-46(26-39-20-23-64-24-21-39)49(73)28-40(25-38-15-11-10-12-16-38)55(80)66-47(32-59(3,4)5)50(74)29-41(30-53(63)77)56(81)65-45(17-13-14-22-62)51(75)33-60(6,7)37(2)70/h20-21,23-24,38,40-42,44-48,69,72H,9-19,22,25-36,62H2,1-8H3,(H2,63,77)(H,65,81)(H,66,80)(H,67,83)(H,78,79)/t40-,41+,42+,44+,45+,46+,47+,48-,61-/m1/s1. The summed E-state index contributed by atoms with van der Waals surface area (Å²) in [5.41, 5.74) is 8.88. The average molecular weight is 1170 g/mol. The molecule has 0 radical (unpaired) electrons. The lowest BCUT2D eigenvalue weighted by atomic mass is 9.78. The van der Waals surface area contributed by atoms with Crippen LogP contribution in [0.4, 0.5) is 0 Å². The molecule has 1 aromatic heterocycles. The van der Waals surface area contributed by atoms with Crippen LogP contribution < -0.4 is 27.4 Å². The third-order valence-corrected chi connectivity index (χ3v) is 16.5. The fraction of sp³-hybridized carbons (Fsp3) is 0.721. The van der Waals surface area contributed by atoms with Gasteiger partial charge in [-0.05, 0) is 87.4 Å². The quantitative estimate of drug-likeness (QED) is 0.0434. The molecule has 0 aromatic carbocycles. The number of aromatic nitrogens is 1. The topological polar surface area (TPSA) is 370 Å². The highest BCUT2D eigenvalue weighted by Gasteiger charge is 2.46. The van der Waals surface area contributed by atoms with E-state index in [0.29, 0.717) is 24.9 Å². The van der Waals surface area contributed by atoms with Crippen molar-refractivity contribution in [2.45, 2.75) is 220 Å². The number of aliphatic hydroxyl groups is 2. The van der Waals surface area contributed by atoms with Gasteiger partial charge < -0.3 is 47.6 Å². The van der Waals surface area contributed by atoms with Gasteiger partial charge in [-0.1, -0.05) is 80.6 Å². The van der Waals surface area contributed by atoms with E-state index in [1.165, 1.54) is 26.2 Å². The molecule has 5 amide bonds. The minimum absolute atomic E-state index is 0.0359. The molecule has 1 aromatic rings. The van der Waals surface area contributed by atoms with E-state index < -0.39 is 167 Å². The number of amides is 5. The highest BCUT2D eigenvalue weighted by molar-refractivity contribution is 6.00. The van der Waals surface area contributed by atoms with Crippen LogP contribution in [0, 0.1) is 39.9 Å². The fourth-order valence-corrected chi connectivity index (χ4v) is 11.0. The van der Waals surface area contributed by atoms with Crippen molar-refractivity contribution in [1.82, 2.24) is 25.8 Å². The molecule has 1 saturated heterocycles. The van der Waals surface area contributed by atoms with Gasteiger partial charge in [-0.15, -0.1) is 0 Å². The van der Waals surface area contributed by atoms with E-state index in [9.17, 15) is 67.7 Å². The Morgan fingerprint density at radius 1 is 0.747 bits per heavy atom. The number of aliphatic carboxylic acids is 1. The third-order valence-electron chi connectivity index (χ3n) is 16.5. The summed E-state index contributed by atoms with van der Waals surface area (Å²) >= 11 is 0. The molecule has 1 aliphatic heterocycles. The SMILES string of the molecule is CC[C@](C)(CC(=O)[C@H]1C[C@H](O)CN1C(=O)[C@H](CO)CC(=O)CCC(=O)O)C(=O)N[C@@H](Cc1ccncc1)C(=O)C[C@@H](CC1CCCCC1)C(=O)N[C@@H](CC(C)(C)C)C(=O)C[C@@H](CC(N)=O)C(=O)N[C@@H](CCCCN)C(=O)CC(C)(C)C(C)=O. The number of pyridine rings is 1. The number of ketones is 6. The van der Waals surface area contributed by atoms with Crippen LogP contribution in [0.15, 0.2) is 24.5 Å². The van der Waals surface area contributed by atoms with E-state index in [4.69, 9.17) is 16.6 Å². The van der Waals surface area contributed by atoms with E-state index in [2.05, 4.69) is 20.9 Å². The van der Waals surface area contributed by atoms with Crippen LogP contribution in [0.1, 0.15) is 189 Å². The molecule has 9 atom stereocenters. The van der Waals surface area contributed by atoms with Crippen molar-refractivity contribution in [1.29, 1.82) is 0 Å². The van der Waals surface area contributed by atoms with Gasteiger partial charge in [0.05, 0.1) is 60.5 Å². The largest absolute Gasteiger partial charge is 0.481 e. The van der Waals surface area contributed by atoms with Gasteiger partial charge in [-0.25, -0.2) is 0 Å². The predicted octanol–water partition coefficient (Wildman–Crippen LogP) is 3.98. The van der Waals surface area contributed by atoms with Gasteiger partial charge in [-0.2, -0.15) is 0 Å². The summed E-state index contributed by atoms with van der Waals surface area (Å²) in [6, 6.07) is -1.41. The first-order valence-corrected chi connectivity index (χ1v) is 29.6. The predicted molar refractivity (Wildman–Crippen MR) is 307 cm³/mol. The summed E-state index contributed by atoms with van der Waals surface area (Å²) in [5, 5.41) is 38.4. The zero-order valence-electron chi connectivity index (χ0n) is 50.3. The van der Waals surface area contributed by atoms with Gasteiger partial charge in [0.2, 0.25) is 29.5 Å². The van der Waals surface area contributed by atoms with Crippen molar-refractivity contribution in [3.05, 3.63) is 30.1 Å². The Kier molecular flexibility index (Phi) is 28.6. The van der Waals surface area contributed by atoms with Gasteiger partial charge in [0, 0.05) is 81.6 Å². The summed E-state index contributed by atoms with van der Waals surface area (Å²) in [5.74, 6) is -11.5. The maximum Gasteiger partial charge on any atom is 0.303 e. The van der Waals surface area contributed by atoms with Crippen molar-refractivity contribution in [2.24, 2.45) is 51.4 Å². The molecular weight excluding hydrogens is 1070 g/mol. The number of hydrogen-bond donors (Lipinski definition) is 8. The van der Waals surface area contributed by atoms with E-state index in [1.807, 2.05) is 20.8 Å². The lowest BCUT2D eigenvalue weighted by Crippen LogP contribution is -2.52. The molecule has 2 fully saturated rings. The van der Waals surface area contributed by atoms with Crippen molar-refractivity contribution in [3.63, 3.8) is 0 Å². The zero-order chi connectivity index (χ0) is 62.4. The molecule has 1 saturated carbocycles. The Hall–Kier alpha value is -6.13. The molecule has 1 aliphatic carbocycles. The number of rotatable bonds is 38. The summed E-state index contributed by atoms with van der Waals surface area (Å²) < 4.78 is 0. The number of β-amino-alcohol motifs (C(OH)–C–C–N with tert-alkyl or cyclic N) is 1. The summed E-state index contributed by atoms with van der Waals surface area (Å²) in [6.45, 7) is 12.7. The van der Waals surface area contributed by atoms with Crippen molar-refractivity contribution in [2.75, 3.05) is 19.7 Å². The van der Waals surface area contributed by atoms with Crippen LogP contribution >= 0.6 is 0 Å². The minimum Gasteiger partial charge on any atom is -0.481 e. The highest BCUT2D eigenvalue weighted by Crippen LogP contribution is 2.34. The van der Waals surface area contributed by atoms with Crippen LogP contribution in [0.25, 0.3) is 0 Å². The lowest BCUT2D eigenvalue weighted by molar-refractivity contribution is -0.145. The van der Waals surface area contributed by atoms with E-state index in [1.54, 1.807) is 32.9 Å². The first-order chi connectivity index (χ1) is 38.8. The smallest absolute Gasteiger partial charge is 0.303 e. The summed E-state index contributed by atoms with van der Waals surface area (Å²) in [7, 11) is 0. The number of carboxylic acids is 1. The first-order valence-electron chi connectivity index (χ1n) is 29.6. The Labute approximate surface area is 488 Å².